The smallest absolute Gasteiger partial charge is 0.300 e. The van der Waals surface area contributed by atoms with Crippen LogP contribution < -0.4 is 19.1 Å². The Kier molecular flexibility index (Phi) is 6.04. The molecule has 1 N–H and O–H groups in total. The molecule has 1 saturated heterocycles. The lowest BCUT2D eigenvalue weighted by atomic mass is 9.94. The topological polar surface area (TPSA) is 85.3 Å². The fraction of sp³-hybridized carbons (Fsp3) is 0.154. The Morgan fingerprint density at radius 3 is 2.09 bits per heavy atom. The van der Waals surface area contributed by atoms with Crippen molar-refractivity contribution in [3.8, 4) is 17.2 Å². The number of methoxy groups -OCH3 is 3. The Morgan fingerprint density at radius 2 is 1.42 bits per heavy atom. The lowest BCUT2D eigenvalue weighted by Gasteiger charge is -2.26. The number of Topliss-reactive ketones (excluding diaryl/α,β-unsaturated/α-hetero) is 1. The van der Waals surface area contributed by atoms with Gasteiger partial charge < -0.3 is 19.3 Å². The Morgan fingerprint density at radius 1 is 0.788 bits per heavy atom. The highest BCUT2D eigenvalue weighted by Gasteiger charge is 2.47. The molecule has 1 heterocycles. The molecule has 1 atom stereocenters. The highest BCUT2D eigenvalue weighted by Crippen LogP contribution is 2.45. The van der Waals surface area contributed by atoms with Crippen LogP contribution in [0.5, 0.6) is 17.2 Å². The van der Waals surface area contributed by atoms with Gasteiger partial charge in [-0.25, -0.2) is 0 Å². The van der Waals surface area contributed by atoms with Crippen LogP contribution in [0.4, 0.5) is 5.69 Å². The number of hydrogen-bond donors (Lipinski definition) is 1. The monoisotopic (exact) mass is 445 g/mol. The van der Waals surface area contributed by atoms with Gasteiger partial charge in [-0.05, 0) is 36.4 Å². The molecule has 3 aromatic rings. The molecule has 0 aliphatic carbocycles. The Hall–Kier alpha value is -4.26. The Labute approximate surface area is 191 Å². The van der Waals surface area contributed by atoms with Crippen molar-refractivity contribution in [3.05, 3.63) is 89.5 Å². The summed E-state index contributed by atoms with van der Waals surface area (Å²) in [6.07, 6.45) is 0. The lowest BCUT2D eigenvalue weighted by Crippen LogP contribution is -2.29. The maximum atomic E-state index is 13.3. The van der Waals surface area contributed by atoms with Crippen molar-refractivity contribution >= 4 is 23.1 Å². The van der Waals surface area contributed by atoms with Gasteiger partial charge in [0.15, 0.2) is 11.5 Å². The second-order valence-corrected chi connectivity index (χ2v) is 7.32. The normalized spacial score (nSPS) is 17.2. The zero-order chi connectivity index (χ0) is 23.5. The molecule has 7 nitrogen and oxygen atoms in total. The summed E-state index contributed by atoms with van der Waals surface area (Å²) in [6.45, 7) is 0. The second-order valence-electron chi connectivity index (χ2n) is 7.32. The largest absolute Gasteiger partial charge is 0.507 e. The van der Waals surface area contributed by atoms with E-state index in [0.717, 1.165) is 0 Å². The average Bonchev–Trinajstić information content (AvgIpc) is 3.13. The summed E-state index contributed by atoms with van der Waals surface area (Å²) < 4.78 is 16.1. The van der Waals surface area contributed by atoms with Crippen LogP contribution in [-0.2, 0) is 9.59 Å². The summed E-state index contributed by atoms with van der Waals surface area (Å²) in [5.74, 6) is -0.499. The van der Waals surface area contributed by atoms with Crippen molar-refractivity contribution in [3.63, 3.8) is 0 Å². The number of benzene rings is 3. The highest BCUT2D eigenvalue weighted by atomic mass is 16.5. The van der Waals surface area contributed by atoms with Gasteiger partial charge in [0.2, 0.25) is 0 Å². The van der Waals surface area contributed by atoms with Crippen LogP contribution in [0.15, 0.2) is 78.4 Å². The van der Waals surface area contributed by atoms with Crippen LogP contribution in [0, 0.1) is 0 Å². The quantitative estimate of drug-likeness (QED) is 0.345. The first-order valence-electron chi connectivity index (χ1n) is 10.2. The SMILES string of the molecule is COc1ccc(/C(O)=C2\C(=O)C(=O)N(c3ccccc3)C2c2ccccc2OC)cc1OC. The highest BCUT2D eigenvalue weighted by molar-refractivity contribution is 6.51. The number of carbonyl (C=O) groups is 2. The van der Waals surface area contributed by atoms with Crippen LogP contribution >= 0.6 is 0 Å². The van der Waals surface area contributed by atoms with Gasteiger partial charge in [-0.1, -0.05) is 36.4 Å². The number of aliphatic hydroxyl groups excluding tert-OH is 1. The molecule has 1 fully saturated rings. The predicted molar refractivity (Wildman–Crippen MR) is 124 cm³/mol. The van der Waals surface area contributed by atoms with E-state index in [2.05, 4.69) is 0 Å². The summed E-state index contributed by atoms with van der Waals surface area (Å²) in [6, 6.07) is 19.9. The van der Waals surface area contributed by atoms with Crippen molar-refractivity contribution in [2.75, 3.05) is 26.2 Å². The number of anilines is 1. The van der Waals surface area contributed by atoms with E-state index < -0.39 is 17.7 Å². The van der Waals surface area contributed by atoms with Crippen LogP contribution in [0.2, 0.25) is 0 Å². The molecular weight excluding hydrogens is 422 g/mol. The minimum absolute atomic E-state index is 0.0411. The zero-order valence-corrected chi connectivity index (χ0v) is 18.4. The van der Waals surface area contributed by atoms with Crippen LogP contribution in [0.3, 0.4) is 0 Å². The fourth-order valence-corrected chi connectivity index (χ4v) is 4.01. The second kappa shape index (κ2) is 9.08. The Balaban J connectivity index is 1.97. The summed E-state index contributed by atoms with van der Waals surface area (Å²) in [4.78, 5) is 27.8. The van der Waals surface area contributed by atoms with Crippen LogP contribution in [0.25, 0.3) is 5.76 Å². The van der Waals surface area contributed by atoms with E-state index in [-0.39, 0.29) is 11.3 Å². The number of nitrogens with zero attached hydrogens (tertiary/aromatic N) is 1. The number of ketones is 1. The van der Waals surface area contributed by atoms with Crippen LogP contribution in [-0.4, -0.2) is 38.1 Å². The number of ether oxygens (including phenoxy) is 3. The number of aliphatic hydroxyl groups is 1. The standard InChI is InChI=1S/C26H23NO6/c1-31-19-12-8-7-11-18(19)23-22(24(28)16-13-14-20(32-2)21(15-16)33-3)25(29)26(30)27(23)17-9-5-4-6-10-17/h4-15,23,28H,1-3H3/b24-22+. The van der Waals surface area contributed by atoms with Gasteiger partial charge in [0.25, 0.3) is 11.7 Å². The minimum Gasteiger partial charge on any atom is -0.507 e. The zero-order valence-electron chi connectivity index (χ0n) is 18.4. The first-order valence-corrected chi connectivity index (χ1v) is 10.2. The van der Waals surface area contributed by atoms with E-state index in [4.69, 9.17) is 14.2 Å². The maximum Gasteiger partial charge on any atom is 0.300 e. The van der Waals surface area contributed by atoms with E-state index in [1.54, 1.807) is 66.7 Å². The number of amides is 1. The molecule has 33 heavy (non-hydrogen) atoms. The van der Waals surface area contributed by atoms with E-state index in [9.17, 15) is 14.7 Å². The molecule has 0 saturated carbocycles. The molecule has 1 amide bonds. The third-order valence-corrected chi connectivity index (χ3v) is 5.57. The minimum atomic E-state index is -0.892. The fourth-order valence-electron chi connectivity index (χ4n) is 4.01. The molecule has 7 heteroatoms. The van der Waals surface area contributed by atoms with Crippen molar-refractivity contribution in [2.24, 2.45) is 0 Å². The number of hydrogen-bond acceptors (Lipinski definition) is 6. The van der Waals surface area contributed by atoms with Crippen molar-refractivity contribution < 1.29 is 28.9 Å². The summed E-state index contributed by atoms with van der Waals surface area (Å²) in [5.41, 5.74) is 1.38. The number of para-hydroxylation sites is 2. The van der Waals surface area contributed by atoms with Gasteiger partial charge in [0, 0.05) is 16.8 Å². The van der Waals surface area contributed by atoms with Crippen molar-refractivity contribution in [2.45, 2.75) is 6.04 Å². The first kappa shape index (κ1) is 22.0. The van der Waals surface area contributed by atoms with Gasteiger partial charge >= 0.3 is 0 Å². The number of carbonyl (C=O) groups excluding carboxylic acids is 2. The van der Waals surface area contributed by atoms with Crippen LogP contribution in [0.1, 0.15) is 17.2 Å². The molecule has 0 radical (unpaired) electrons. The molecule has 0 aromatic heterocycles. The average molecular weight is 445 g/mol. The summed E-state index contributed by atoms with van der Waals surface area (Å²) in [7, 11) is 4.50. The third-order valence-electron chi connectivity index (χ3n) is 5.57. The summed E-state index contributed by atoms with van der Waals surface area (Å²) in [5, 5.41) is 11.3. The molecule has 1 aliphatic rings. The maximum absolute atomic E-state index is 13.3. The molecule has 4 rings (SSSR count). The predicted octanol–water partition coefficient (Wildman–Crippen LogP) is 4.34. The third kappa shape index (κ3) is 3.78. The van der Waals surface area contributed by atoms with Gasteiger partial charge in [0.1, 0.15) is 11.5 Å². The van der Waals surface area contributed by atoms with Gasteiger partial charge in [0.05, 0.1) is 32.9 Å². The van der Waals surface area contributed by atoms with E-state index >= 15 is 0 Å². The molecule has 168 valence electrons. The van der Waals surface area contributed by atoms with E-state index in [1.165, 1.54) is 26.2 Å². The first-order chi connectivity index (χ1) is 16.0. The lowest BCUT2D eigenvalue weighted by molar-refractivity contribution is -0.132. The van der Waals surface area contributed by atoms with Gasteiger partial charge in [-0.3, -0.25) is 14.5 Å². The van der Waals surface area contributed by atoms with Gasteiger partial charge in [-0.15, -0.1) is 0 Å². The van der Waals surface area contributed by atoms with Crippen molar-refractivity contribution in [1.82, 2.24) is 0 Å². The number of rotatable bonds is 6. The molecule has 0 spiro atoms. The molecule has 1 unspecified atom stereocenters. The molecule has 3 aromatic carbocycles. The van der Waals surface area contributed by atoms with Gasteiger partial charge in [-0.2, -0.15) is 0 Å². The van der Waals surface area contributed by atoms with Crippen molar-refractivity contribution in [1.29, 1.82) is 0 Å². The molecule has 0 bridgehead atoms. The Bertz CT molecular complexity index is 1230. The molecule has 1 aliphatic heterocycles. The van der Waals surface area contributed by atoms with E-state index in [1.807, 2.05) is 6.07 Å². The summed E-state index contributed by atoms with van der Waals surface area (Å²) >= 11 is 0. The molecular formula is C26H23NO6. The van der Waals surface area contributed by atoms with E-state index in [0.29, 0.717) is 34.1 Å².